The first-order valence-electron chi connectivity index (χ1n) is 9.79. The minimum absolute atomic E-state index is 0.151. The van der Waals surface area contributed by atoms with Crippen molar-refractivity contribution < 1.29 is 24.0 Å². The highest BCUT2D eigenvalue weighted by Gasteiger charge is 2.49. The molecule has 1 heterocycles. The highest BCUT2D eigenvalue weighted by Crippen LogP contribution is 2.35. The molecule has 1 aliphatic heterocycles. The van der Waals surface area contributed by atoms with Gasteiger partial charge < -0.3 is 14.9 Å². The van der Waals surface area contributed by atoms with E-state index in [2.05, 4.69) is 17.1 Å². The van der Waals surface area contributed by atoms with Crippen LogP contribution in [0.3, 0.4) is 0 Å². The second kappa shape index (κ2) is 9.64. The number of hydrogen-bond acceptors (Lipinski definition) is 6. The summed E-state index contributed by atoms with van der Waals surface area (Å²) in [5.74, 6) is -3.14. The van der Waals surface area contributed by atoms with Crippen LogP contribution in [0, 0.1) is 0 Å². The molecule has 172 valence electrons. The van der Waals surface area contributed by atoms with Gasteiger partial charge in [-0.15, -0.1) is 0 Å². The molecule has 8 nitrogen and oxygen atoms in total. The van der Waals surface area contributed by atoms with Crippen LogP contribution < -0.4 is 5.32 Å². The van der Waals surface area contributed by atoms with Crippen molar-refractivity contribution in [3.05, 3.63) is 76.6 Å². The molecule has 2 amide bonds. The van der Waals surface area contributed by atoms with Crippen molar-refractivity contribution in [2.24, 2.45) is 5.16 Å². The van der Waals surface area contributed by atoms with E-state index in [1.807, 2.05) is 0 Å². The van der Waals surface area contributed by atoms with E-state index in [0.29, 0.717) is 21.3 Å². The third kappa shape index (κ3) is 5.35. The summed E-state index contributed by atoms with van der Waals surface area (Å²) in [5.41, 5.74) is -0.551. The standard InChI is InChI=1S/C23H21Cl2N3O5/c1-13-28(23(3,4)22(31)26-18-11-16(24)10-17(25)12-18)21(30)19(15-8-6-5-7-9-15)20(32-13)27-33-14(2)29/h5-12,19H,1H2,2-4H3,(H,26,31). The number of nitrogens with zero attached hydrogens (tertiary/aromatic N) is 2. The first-order chi connectivity index (χ1) is 15.5. The molecule has 0 radical (unpaired) electrons. The third-order valence-electron chi connectivity index (χ3n) is 4.82. The maximum Gasteiger partial charge on any atom is 0.332 e. The number of carbonyl (C=O) groups excluding carboxylic acids is 3. The van der Waals surface area contributed by atoms with Crippen molar-refractivity contribution in [2.45, 2.75) is 32.2 Å². The zero-order valence-corrected chi connectivity index (χ0v) is 19.6. The molecule has 2 aromatic rings. The molecule has 1 saturated heterocycles. The van der Waals surface area contributed by atoms with Gasteiger partial charge in [-0.25, -0.2) is 4.79 Å². The number of ether oxygens (including phenoxy) is 1. The van der Waals surface area contributed by atoms with E-state index in [1.54, 1.807) is 30.3 Å². The number of benzene rings is 2. The van der Waals surface area contributed by atoms with Crippen LogP contribution >= 0.6 is 23.2 Å². The molecule has 33 heavy (non-hydrogen) atoms. The summed E-state index contributed by atoms with van der Waals surface area (Å²) in [6, 6.07) is 13.2. The van der Waals surface area contributed by atoms with Gasteiger partial charge in [0, 0.05) is 22.7 Å². The summed E-state index contributed by atoms with van der Waals surface area (Å²) >= 11 is 12.0. The molecule has 1 aliphatic rings. The van der Waals surface area contributed by atoms with Gasteiger partial charge in [0.05, 0.1) is 0 Å². The van der Waals surface area contributed by atoms with E-state index in [-0.39, 0.29) is 11.8 Å². The van der Waals surface area contributed by atoms with Crippen LogP contribution in [0.25, 0.3) is 0 Å². The predicted molar refractivity (Wildman–Crippen MR) is 125 cm³/mol. The Bertz CT molecular complexity index is 1130. The van der Waals surface area contributed by atoms with Gasteiger partial charge in [-0.05, 0) is 49.3 Å². The Morgan fingerprint density at radius 2 is 1.76 bits per heavy atom. The number of carbonyl (C=O) groups is 3. The molecule has 3 rings (SSSR count). The molecule has 2 aromatic carbocycles. The monoisotopic (exact) mass is 489 g/mol. The minimum atomic E-state index is -1.44. The lowest BCUT2D eigenvalue weighted by Gasteiger charge is -2.42. The fourth-order valence-corrected chi connectivity index (χ4v) is 3.82. The first-order valence-corrected chi connectivity index (χ1v) is 10.5. The Kier molecular flexibility index (Phi) is 7.09. The summed E-state index contributed by atoms with van der Waals surface area (Å²) in [4.78, 5) is 43.9. The van der Waals surface area contributed by atoms with Crippen LogP contribution in [0.5, 0.6) is 0 Å². The Morgan fingerprint density at radius 3 is 2.33 bits per heavy atom. The van der Waals surface area contributed by atoms with Crippen molar-refractivity contribution in [3.8, 4) is 0 Å². The summed E-state index contributed by atoms with van der Waals surface area (Å²) in [7, 11) is 0. The van der Waals surface area contributed by atoms with E-state index >= 15 is 0 Å². The molecule has 10 heteroatoms. The Hall–Kier alpha value is -3.36. The second-order valence-electron chi connectivity index (χ2n) is 7.70. The molecule has 1 unspecified atom stereocenters. The molecule has 0 bridgehead atoms. The third-order valence-corrected chi connectivity index (χ3v) is 5.25. The van der Waals surface area contributed by atoms with Crippen molar-refractivity contribution in [1.82, 2.24) is 4.90 Å². The van der Waals surface area contributed by atoms with E-state index in [0.717, 1.165) is 4.90 Å². The first kappa shape index (κ1) is 24.3. The molecular weight excluding hydrogens is 469 g/mol. The number of rotatable bonds is 5. The van der Waals surface area contributed by atoms with Gasteiger partial charge >= 0.3 is 5.97 Å². The lowest BCUT2D eigenvalue weighted by Crippen LogP contribution is -2.59. The number of anilines is 1. The summed E-state index contributed by atoms with van der Waals surface area (Å²) in [6.07, 6.45) is 0. The molecule has 1 N–H and O–H groups in total. The van der Waals surface area contributed by atoms with E-state index in [1.165, 1.54) is 39.0 Å². The van der Waals surface area contributed by atoms with Gasteiger partial charge in [-0.3, -0.25) is 14.5 Å². The van der Waals surface area contributed by atoms with Crippen LogP contribution in [0.2, 0.25) is 10.0 Å². The quantitative estimate of drug-likeness (QED) is 0.484. The topological polar surface area (TPSA) is 97.3 Å². The zero-order valence-electron chi connectivity index (χ0n) is 18.1. The molecule has 0 saturated carbocycles. The molecule has 0 spiro atoms. The van der Waals surface area contributed by atoms with Crippen molar-refractivity contribution in [1.29, 1.82) is 0 Å². The molecule has 1 fully saturated rings. The second-order valence-corrected chi connectivity index (χ2v) is 8.57. The van der Waals surface area contributed by atoms with Crippen LogP contribution in [0.1, 0.15) is 32.3 Å². The molecular formula is C23H21Cl2N3O5. The van der Waals surface area contributed by atoms with Crippen LogP contribution in [0.4, 0.5) is 5.69 Å². The molecule has 0 aliphatic carbocycles. The van der Waals surface area contributed by atoms with Gasteiger partial charge in [-0.1, -0.05) is 53.5 Å². The van der Waals surface area contributed by atoms with Crippen LogP contribution in [-0.4, -0.2) is 34.1 Å². The lowest BCUT2D eigenvalue weighted by molar-refractivity contribution is -0.146. The largest absolute Gasteiger partial charge is 0.422 e. The van der Waals surface area contributed by atoms with Crippen molar-refractivity contribution >= 4 is 52.6 Å². The van der Waals surface area contributed by atoms with Crippen molar-refractivity contribution in [3.63, 3.8) is 0 Å². The van der Waals surface area contributed by atoms with Gasteiger partial charge in [0.25, 0.3) is 5.90 Å². The summed E-state index contributed by atoms with van der Waals surface area (Å²) < 4.78 is 5.67. The maximum absolute atomic E-state index is 13.6. The average Bonchev–Trinajstić information content (AvgIpc) is 2.71. The molecule has 1 atom stereocenters. The Balaban J connectivity index is 1.96. The van der Waals surface area contributed by atoms with Gasteiger partial charge in [0.1, 0.15) is 11.5 Å². The number of halogens is 2. The van der Waals surface area contributed by atoms with Crippen molar-refractivity contribution in [2.75, 3.05) is 5.32 Å². The normalized spacial score (nSPS) is 17.5. The summed E-state index contributed by atoms with van der Waals surface area (Å²) in [6.45, 7) is 8.02. The zero-order chi connectivity index (χ0) is 24.3. The smallest absolute Gasteiger partial charge is 0.332 e. The number of amides is 2. The van der Waals surface area contributed by atoms with Crippen LogP contribution in [0.15, 0.2) is 66.1 Å². The minimum Gasteiger partial charge on any atom is -0.422 e. The van der Waals surface area contributed by atoms with Gasteiger partial charge in [0.2, 0.25) is 11.8 Å². The fourth-order valence-electron chi connectivity index (χ4n) is 3.29. The number of hydrogen-bond donors (Lipinski definition) is 1. The van der Waals surface area contributed by atoms with Gasteiger partial charge in [0.15, 0.2) is 5.88 Å². The Labute approximate surface area is 200 Å². The lowest BCUT2D eigenvalue weighted by atomic mass is 9.92. The maximum atomic E-state index is 13.6. The van der Waals surface area contributed by atoms with Gasteiger partial charge in [-0.2, -0.15) is 0 Å². The average molecular weight is 490 g/mol. The van der Waals surface area contributed by atoms with Crippen LogP contribution in [-0.2, 0) is 24.0 Å². The number of oxime groups is 1. The predicted octanol–water partition coefficient (Wildman–Crippen LogP) is 4.70. The summed E-state index contributed by atoms with van der Waals surface area (Å²) in [5, 5.41) is 7.09. The van der Waals surface area contributed by atoms with E-state index in [4.69, 9.17) is 32.8 Å². The highest BCUT2D eigenvalue weighted by atomic mass is 35.5. The SMILES string of the molecule is C=C1OC(=NOC(C)=O)C(c2ccccc2)C(=O)N1C(C)(C)C(=O)Nc1cc(Cl)cc(Cl)c1. The van der Waals surface area contributed by atoms with E-state index in [9.17, 15) is 14.4 Å². The van der Waals surface area contributed by atoms with E-state index < -0.39 is 29.2 Å². The fraction of sp³-hybridized carbons (Fsp3) is 0.217. The Morgan fingerprint density at radius 1 is 1.15 bits per heavy atom. The highest BCUT2D eigenvalue weighted by molar-refractivity contribution is 6.35. The molecule has 0 aromatic heterocycles. The number of nitrogens with one attached hydrogen (secondary N) is 1.